The molecular formula is C18H21NO2. The van der Waals surface area contributed by atoms with Gasteiger partial charge in [0.2, 0.25) is 0 Å². The highest BCUT2D eigenvalue weighted by molar-refractivity contribution is 5.78. The summed E-state index contributed by atoms with van der Waals surface area (Å²) in [5.74, 6) is 0.648. The van der Waals surface area contributed by atoms with E-state index in [0.29, 0.717) is 0 Å². The van der Waals surface area contributed by atoms with Crippen LogP contribution in [-0.4, -0.2) is 12.5 Å². The van der Waals surface area contributed by atoms with Crippen molar-refractivity contribution in [3.63, 3.8) is 0 Å². The van der Waals surface area contributed by atoms with Crippen molar-refractivity contribution in [2.24, 2.45) is 0 Å². The molecule has 0 aliphatic rings. The quantitative estimate of drug-likeness (QED) is 0.879. The van der Waals surface area contributed by atoms with Gasteiger partial charge >= 0.3 is 0 Å². The molecule has 2 aromatic rings. The highest BCUT2D eigenvalue weighted by Crippen LogP contribution is 2.17. The molecule has 0 radical (unpaired) electrons. The minimum atomic E-state index is -0.103. The second-order valence-corrected chi connectivity index (χ2v) is 4.99. The van der Waals surface area contributed by atoms with Gasteiger partial charge in [-0.15, -0.1) is 0 Å². The summed E-state index contributed by atoms with van der Waals surface area (Å²) in [6, 6.07) is 17.7. The van der Waals surface area contributed by atoms with E-state index in [1.165, 1.54) is 0 Å². The molecule has 1 unspecified atom stereocenters. The molecule has 2 rings (SSSR count). The number of carbonyl (C=O) groups is 1. The number of hydrogen-bond donors (Lipinski definition) is 1. The van der Waals surface area contributed by atoms with E-state index in [1.807, 2.05) is 61.5 Å². The molecule has 0 aliphatic carbocycles. The highest BCUT2D eigenvalue weighted by Gasteiger charge is 2.12. The fourth-order valence-electron chi connectivity index (χ4n) is 2.20. The summed E-state index contributed by atoms with van der Waals surface area (Å²) >= 11 is 0. The Balaban J connectivity index is 1.90. The third-order valence-corrected chi connectivity index (χ3v) is 3.40. The van der Waals surface area contributed by atoms with Crippen LogP contribution in [0.3, 0.4) is 0 Å². The number of nitrogens with one attached hydrogen (secondary N) is 1. The molecule has 21 heavy (non-hydrogen) atoms. The Hall–Kier alpha value is -2.29. The third kappa shape index (κ3) is 4.35. The van der Waals surface area contributed by atoms with Gasteiger partial charge in [0.05, 0.1) is 6.04 Å². The first-order valence-electron chi connectivity index (χ1n) is 7.23. The zero-order valence-electron chi connectivity index (χ0n) is 12.5. The largest absolute Gasteiger partial charge is 0.484 e. The van der Waals surface area contributed by atoms with Gasteiger partial charge in [0.15, 0.2) is 6.61 Å². The van der Waals surface area contributed by atoms with Gasteiger partial charge in [-0.2, -0.15) is 0 Å². The predicted molar refractivity (Wildman–Crippen MR) is 84.3 cm³/mol. The van der Waals surface area contributed by atoms with Crippen molar-refractivity contribution in [2.45, 2.75) is 26.3 Å². The van der Waals surface area contributed by atoms with E-state index in [2.05, 4.69) is 12.2 Å². The van der Waals surface area contributed by atoms with Gasteiger partial charge < -0.3 is 10.1 Å². The molecule has 3 heteroatoms. The van der Waals surface area contributed by atoms with E-state index in [-0.39, 0.29) is 18.6 Å². The molecule has 3 nitrogen and oxygen atoms in total. The van der Waals surface area contributed by atoms with Crippen LogP contribution in [0.1, 0.15) is 30.5 Å². The van der Waals surface area contributed by atoms with E-state index < -0.39 is 0 Å². The highest BCUT2D eigenvalue weighted by atomic mass is 16.5. The van der Waals surface area contributed by atoms with E-state index in [4.69, 9.17) is 4.74 Å². The second kappa shape index (κ2) is 7.48. The molecule has 0 bridgehead atoms. The van der Waals surface area contributed by atoms with Gasteiger partial charge in [-0.05, 0) is 30.5 Å². The first-order valence-corrected chi connectivity index (χ1v) is 7.23. The van der Waals surface area contributed by atoms with Crippen LogP contribution in [0.25, 0.3) is 0 Å². The maximum Gasteiger partial charge on any atom is 0.258 e. The number of rotatable bonds is 6. The summed E-state index contributed by atoms with van der Waals surface area (Å²) in [6.07, 6.45) is 0.847. The average molecular weight is 283 g/mol. The minimum Gasteiger partial charge on any atom is -0.484 e. The second-order valence-electron chi connectivity index (χ2n) is 4.99. The van der Waals surface area contributed by atoms with Gasteiger partial charge in [0.1, 0.15) is 5.75 Å². The van der Waals surface area contributed by atoms with Gasteiger partial charge in [-0.25, -0.2) is 0 Å². The van der Waals surface area contributed by atoms with Crippen molar-refractivity contribution >= 4 is 5.91 Å². The topological polar surface area (TPSA) is 38.3 Å². The van der Waals surface area contributed by atoms with Gasteiger partial charge in [0.25, 0.3) is 5.91 Å². The van der Waals surface area contributed by atoms with Crippen LogP contribution >= 0.6 is 0 Å². The Bertz CT molecular complexity index is 581. The van der Waals surface area contributed by atoms with Gasteiger partial charge in [0, 0.05) is 0 Å². The monoisotopic (exact) mass is 283 g/mol. The van der Waals surface area contributed by atoms with Crippen LogP contribution in [0.4, 0.5) is 0 Å². The van der Waals surface area contributed by atoms with Crippen LogP contribution in [0.15, 0.2) is 54.6 Å². The molecule has 0 saturated carbocycles. The van der Waals surface area contributed by atoms with E-state index in [1.54, 1.807) is 0 Å². The summed E-state index contributed by atoms with van der Waals surface area (Å²) in [6.45, 7) is 4.06. The summed E-state index contributed by atoms with van der Waals surface area (Å²) in [4.78, 5) is 12.0. The Morgan fingerprint density at radius 1 is 1.10 bits per heavy atom. The molecule has 0 heterocycles. The molecule has 0 aromatic heterocycles. The number of amides is 1. The summed E-state index contributed by atoms with van der Waals surface area (Å²) < 4.78 is 5.57. The fourth-order valence-corrected chi connectivity index (χ4v) is 2.20. The SMILES string of the molecule is CCC(NC(=O)COc1ccccc1C)c1ccccc1. The number of ether oxygens (including phenoxy) is 1. The van der Waals surface area contributed by atoms with E-state index in [0.717, 1.165) is 23.3 Å². The Morgan fingerprint density at radius 3 is 2.43 bits per heavy atom. The van der Waals surface area contributed by atoms with Crippen molar-refractivity contribution in [1.29, 1.82) is 0 Å². The average Bonchev–Trinajstić information content (AvgIpc) is 2.52. The molecule has 0 aliphatic heterocycles. The molecule has 0 spiro atoms. The molecule has 2 aromatic carbocycles. The van der Waals surface area contributed by atoms with Crippen molar-refractivity contribution in [1.82, 2.24) is 5.32 Å². The molecule has 0 fully saturated rings. The van der Waals surface area contributed by atoms with Crippen molar-refractivity contribution in [2.75, 3.05) is 6.61 Å². The molecule has 0 saturated heterocycles. The number of carbonyl (C=O) groups excluding carboxylic acids is 1. The molecule has 1 atom stereocenters. The van der Waals surface area contributed by atoms with Crippen LogP contribution in [0.2, 0.25) is 0 Å². The standard InChI is InChI=1S/C18H21NO2/c1-3-16(15-10-5-4-6-11-15)19-18(20)13-21-17-12-8-7-9-14(17)2/h4-12,16H,3,13H2,1-2H3,(H,19,20). The van der Waals surface area contributed by atoms with Crippen LogP contribution in [-0.2, 0) is 4.79 Å². The molecule has 110 valence electrons. The molecule has 1 N–H and O–H groups in total. The fraction of sp³-hybridized carbons (Fsp3) is 0.278. The lowest BCUT2D eigenvalue weighted by Crippen LogP contribution is -2.32. The lowest BCUT2D eigenvalue weighted by molar-refractivity contribution is -0.123. The summed E-state index contributed by atoms with van der Waals surface area (Å²) in [7, 11) is 0. The normalized spacial score (nSPS) is 11.7. The molecular weight excluding hydrogens is 262 g/mol. The van der Waals surface area contributed by atoms with Crippen LogP contribution < -0.4 is 10.1 Å². The summed E-state index contributed by atoms with van der Waals surface area (Å²) in [5.41, 5.74) is 2.14. The maximum atomic E-state index is 12.0. The Kier molecular flexibility index (Phi) is 5.38. The predicted octanol–water partition coefficient (Wildman–Crippen LogP) is 3.64. The number of benzene rings is 2. The number of hydrogen-bond acceptors (Lipinski definition) is 2. The lowest BCUT2D eigenvalue weighted by Gasteiger charge is -2.18. The molecule has 1 amide bonds. The first kappa shape index (κ1) is 15.1. The van der Waals surface area contributed by atoms with Crippen LogP contribution in [0.5, 0.6) is 5.75 Å². The smallest absolute Gasteiger partial charge is 0.258 e. The first-order chi connectivity index (χ1) is 10.2. The van der Waals surface area contributed by atoms with Crippen molar-refractivity contribution < 1.29 is 9.53 Å². The van der Waals surface area contributed by atoms with Gasteiger partial charge in [-0.3, -0.25) is 4.79 Å². The van der Waals surface area contributed by atoms with Crippen LogP contribution in [0, 0.1) is 6.92 Å². The Labute approximate surface area is 126 Å². The summed E-state index contributed by atoms with van der Waals surface area (Å²) in [5, 5.41) is 3.01. The zero-order chi connectivity index (χ0) is 15.1. The number of aryl methyl sites for hydroxylation is 1. The number of para-hydroxylation sites is 1. The minimum absolute atomic E-state index is 0.0270. The third-order valence-electron chi connectivity index (χ3n) is 3.40. The van der Waals surface area contributed by atoms with E-state index >= 15 is 0 Å². The Morgan fingerprint density at radius 2 is 1.76 bits per heavy atom. The van der Waals surface area contributed by atoms with Gasteiger partial charge in [-0.1, -0.05) is 55.5 Å². The zero-order valence-corrected chi connectivity index (χ0v) is 12.5. The van der Waals surface area contributed by atoms with Crippen molar-refractivity contribution in [3.05, 3.63) is 65.7 Å². The van der Waals surface area contributed by atoms with E-state index in [9.17, 15) is 4.79 Å². The van der Waals surface area contributed by atoms with Crippen molar-refractivity contribution in [3.8, 4) is 5.75 Å². The maximum absolute atomic E-state index is 12.0. The lowest BCUT2D eigenvalue weighted by atomic mass is 10.0.